The highest BCUT2D eigenvalue weighted by atomic mass is 16.6. The van der Waals surface area contributed by atoms with E-state index in [0.717, 1.165) is 24.3 Å². The maximum atomic E-state index is 10.8. The predicted molar refractivity (Wildman–Crippen MR) is 125 cm³/mol. The van der Waals surface area contributed by atoms with E-state index in [2.05, 4.69) is 26.3 Å². The Morgan fingerprint density at radius 1 is 0.529 bits per heavy atom. The van der Waals surface area contributed by atoms with Gasteiger partial charge in [0, 0.05) is 24.3 Å². The first-order chi connectivity index (χ1) is 16.0. The van der Waals surface area contributed by atoms with Gasteiger partial charge in [0.05, 0.1) is 25.4 Å². The summed E-state index contributed by atoms with van der Waals surface area (Å²) in [5, 5.41) is 0. The topological polar surface area (TPSA) is 124 Å². The third-order valence-corrected chi connectivity index (χ3v) is 3.45. The van der Waals surface area contributed by atoms with Gasteiger partial charge in [0.15, 0.2) is 0 Å². The summed E-state index contributed by atoms with van der Waals surface area (Å²) in [5.41, 5.74) is 0. The van der Waals surface area contributed by atoms with Crippen molar-refractivity contribution >= 4 is 23.9 Å². The molecule has 0 N–H and O–H groups in total. The molecule has 4 atom stereocenters. The molecular formula is C24H36O10. The molecule has 0 radical (unpaired) electrons. The van der Waals surface area contributed by atoms with Crippen LogP contribution >= 0.6 is 0 Å². The lowest BCUT2D eigenvalue weighted by atomic mass is 10.4. The van der Waals surface area contributed by atoms with Crippen LogP contribution in [0.4, 0.5) is 0 Å². The number of rotatable bonds is 16. The highest BCUT2D eigenvalue weighted by Gasteiger charge is 2.12. The average Bonchev–Trinajstić information content (AvgIpc) is 2.83. The molecule has 0 amide bonds. The molecular weight excluding hydrogens is 448 g/mol. The van der Waals surface area contributed by atoms with Gasteiger partial charge in [0.25, 0.3) is 0 Å². The molecule has 0 heterocycles. The van der Waals surface area contributed by atoms with E-state index in [1.807, 2.05) is 0 Å². The van der Waals surface area contributed by atoms with Crippen LogP contribution in [0, 0.1) is 0 Å². The van der Waals surface area contributed by atoms with E-state index in [1.165, 1.54) is 0 Å². The van der Waals surface area contributed by atoms with Crippen molar-refractivity contribution in [1.82, 2.24) is 0 Å². The first-order valence-corrected chi connectivity index (χ1v) is 10.5. The Bertz CT molecular complexity index is 627. The number of hydrogen-bond acceptors (Lipinski definition) is 10. The van der Waals surface area contributed by atoms with Gasteiger partial charge in [-0.3, -0.25) is 0 Å². The molecule has 0 saturated carbocycles. The van der Waals surface area contributed by atoms with Crippen molar-refractivity contribution in [2.75, 3.05) is 26.4 Å². The summed E-state index contributed by atoms with van der Waals surface area (Å²) < 4.78 is 30.0. The van der Waals surface area contributed by atoms with Crippen LogP contribution in [-0.4, -0.2) is 74.7 Å². The molecule has 0 saturated heterocycles. The molecule has 0 aliphatic carbocycles. The van der Waals surface area contributed by atoms with Crippen LogP contribution in [0.1, 0.15) is 27.7 Å². The minimum atomic E-state index is -0.494. The minimum Gasteiger partial charge on any atom is -0.460 e. The predicted octanol–water partition coefficient (Wildman–Crippen LogP) is 2.48. The second kappa shape index (κ2) is 20.4. The molecule has 0 aliphatic heterocycles. The van der Waals surface area contributed by atoms with Crippen molar-refractivity contribution in [3.05, 3.63) is 50.6 Å². The lowest BCUT2D eigenvalue weighted by molar-refractivity contribution is -0.149. The van der Waals surface area contributed by atoms with Crippen molar-refractivity contribution in [3.8, 4) is 0 Å². The maximum Gasteiger partial charge on any atom is 0.330 e. The lowest BCUT2D eigenvalue weighted by Crippen LogP contribution is -2.25. The summed E-state index contributed by atoms with van der Waals surface area (Å²) in [6.45, 7) is 20.7. The Labute approximate surface area is 201 Å². The number of hydrogen-bond donors (Lipinski definition) is 0. The van der Waals surface area contributed by atoms with Crippen LogP contribution in [0.2, 0.25) is 0 Å². The van der Waals surface area contributed by atoms with Crippen LogP contribution < -0.4 is 0 Å². The first kappa shape index (κ1) is 32.9. The zero-order valence-corrected chi connectivity index (χ0v) is 20.4. The van der Waals surface area contributed by atoms with E-state index in [-0.39, 0.29) is 50.8 Å². The van der Waals surface area contributed by atoms with Crippen molar-refractivity contribution in [1.29, 1.82) is 0 Å². The van der Waals surface area contributed by atoms with Gasteiger partial charge in [-0.05, 0) is 27.7 Å². The van der Waals surface area contributed by atoms with E-state index >= 15 is 0 Å². The zero-order chi connectivity index (χ0) is 26.5. The standard InChI is InChI=1S/2C12H18O5/c2*1-5-11(13)16-7-9(3)15-8-10(4)17-12(14)6-2/h2*5-6,9-10H,1-2,7-8H2,3-4H3. The molecule has 0 aromatic carbocycles. The van der Waals surface area contributed by atoms with Crippen molar-refractivity contribution in [2.24, 2.45) is 0 Å². The summed E-state index contributed by atoms with van der Waals surface area (Å²) in [4.78, 5) is 43.2. The monoisotopic (exact) mass is 484 g/mol. The van der Waals surface area contributed by atoms with Gasteiger partial charge >= 0.3 is 23.9 Å². The van der Waals surface area contributed by atoms with Gasteiger partial charge in [0.1, 0.15) is 25.4 Å². The Hall–Kier alpha value is -3.24. The molecule has 0 rings (SSSR count). The van der Waals surface area contributed by atoms with Crippen LogP contribution in [0.25, 0.3) is 0 Å². The molecule has 0 aliphatic rings. The van der Waals surface area contributed by atoms with Crippen LogP contribution in [-0.2, 0) is 47.6 Å². The van der Waals surface area contributed by atoms with Crippen LogP contribution in [0.15, 0.2) is 50.6 Å². The molecule has 34 heavy (non-hydrogen) atoms. The van der Waals surface area contributed by atoms with Gasteiger partial charge in [-0.2, -0.15) is 0 Å². The third kappa shape index (κ3) is 20.7. The number of carbonyl (C=O) groups excluding carboxylic acids is 4. The fourth-order valence-electron chi connectivity index (χ4n) is 1.77. The SMILES string of the molecule is C=CC(=O)OCC(C)OCC(C)OC(=O)C=C.C=CC(=O)OCC(C)OCC(C)OC(=O)C=C. The zero-order valence-electron chi connectivity index (χ0n) is 20.4. The summed E-state index contributed by atoms with van der Waals surface area (Å²) >= 11 is 0. The van der Waals surface area contributed by atoms with E-state index in [0.29, 0.717) is 0 Å². The third-order valence-electron chi connectivity index (χ3n) is 3.45. The van der Waals surface area contributed by atoms with Crippen molar-refractivity contribution in [3.63, 3.8) is 0 Å². The van der Waals surface area contributed by atoms with Gasteiger partial charge in [0.2, 0.25) is 0 Å². The van der Waals surface area contributed by atoms with Gasteiger partial charge in [-0.15, -0.1) is 0 Å². The smallest absolute Gasteiger partial charge is 0.330 e. The lowest BCUT2D eigenvalue weighted by Gasteiger charge is -2.16. The van der Waals surface area contributed by atoms with Gasteiger partial charge < -0.3 is 28.4 Å². The fourth-order valence-corrected chi connectivity index (χ4v) is 1.77. The van der Waals surface area contributed by atoms with Crippen LogP contribution in [0.3, 0.4) is 0 Å². The summed E-state index contributed by atoms with van der Waals surface area (Å²) in [7, 11) is 0. The fraction of sp³-hybridized carbons (Fsp3) is 0.500. The molecule has 0 bridgehead atoms. The van der Waals surface area contributed by atoms with Crippen molar-refractivity contribution in [2.45, 2.75) is 52.1 Å². The van der Waals surface area contributed by atoms with Crippen LogP contribution in [0.5, 0.6) is 0 Å². The normalized spacial score (nSPS) is 13.3. The Morgan fingerprint density at radius 2 is 0.824 bits per heavy atom. The van der Waals surface area contributed by atoms with E-state index < -0.39 is 23.9 Å². The molecule has 4 unspecified atom stereocenters. The Morgan fingerprint density at radius 3 is 1.09 bits per heavy atom. The molecule has 0 spiro atoms. The second-order valence-electron chi connectivity index (χ2n) is 6.86. The molecule has 0 aromatic heterocycles. The highest BCUT2D eigenvalue weighted by Crippen LogP contribution is 2.00. The number of ether oxygens (including phenoxy) is 6. The van der Waals surface area contributed by atoms with Crippen molar-refractivity contribution < 1.29 is 47.6 Å². The van der Waals surface area contributed by atoms with Gasteiger partial charge in [-0.1, -0.05) is 26.3 Å². The molecule has 10 nitrogen and oxygen atoms in total. The highest BCUT2D eigenvalue weighted by molar-refractivity contribution is 5.82. The summed E-state index contributed by atoms with van der Waals surface area (Å²) in [6, 6.07) is 0. The Kier molecular flexibility index (Phi) is 19.7. The number of carbonyl (C=O) groups is 4. The maximum absolute atomic E-state index is 10.8. The van der Waals surface area contributed by atoms with E-state index in [9.17, 15) is 19.2 Å². The van der Waals surface area contributed by atoms with Gasteiger partial charge in [-0.25, -0.2) is 19.2 Å². The number of esters is 4. The second-order valence-corrected chi connectivity index (χ2v) is 6.86. The molecule has 0 fully saturated rings. The van der Waals surface area contributed by atoms with E-state index in [4.69, 9.17) is 28.4 Å². The summed E-state index contributed by atoms with van der Waals surface area (Å²) in [6.07, 6.45) is 3.05. The average molecular weight is 485 g/mol. The quantitative estimate of drug-likeness (QED) is 0.183. The molecule has 192 valence electrons. The largest absolute Gasteiger partial charge is 0.460 e. The van der Waals surface area contributed by atoms with E-state index in [1.54, 1.807) is 27.7 Å². The summed E-state index contributed by atoms with van der Waals surface area (Å²) in [5.74, 6) is -1.98. The molecule has 0 aromatic rings. The molecule has 10 heteroatoms. The first-order valence-electron chi connectivity index (χ1n) is 10.5. The minimum absolute atomic E-state index is 0.132. The Balaban J connectivity index is 0.